The fraction of sp³-hybridized carbons (Fsp3) is 0.500. The molecule has 1 aliphatic carbocycles. The summed E-state index contributed by atoms with van der Waals surface area (Å²) in [5.41, 5.74) is 0.627. The number of carbonyl (C=O) groups excluding carboxylic acids is 1. The molecule has 0 saturated heterocycles. The highest BCUT2D eigenvalue weighted by Gasteiger charge is 2.52. The lowest BCUT2D eigenvalue weighted by molar-refractivity contribution is -0.135. The third kappa shape index (κ3) is 2.40. The zero-order chi connectivity index (χ0) is 13.0. The average molecular weight is 249 g/mol. The van der Waals surface area contributed by atoms with Crippen LogP contribution in [0.1, 0.15) is 18.4 Å². The summed E-state index contributed by atoms with van der Waals surface area (Å²) in [5, 5.41) is 18.0. The third-order valence-electron chi connectivity index (χ3n) is 3.51. The Morgan fingerprint density at radius 2 is 1.67 bits per heavy atom. The molecule has 0 radical (unpaired) electrons. The molecular formula is C14H19NO3. The van der Waals surface area contributed by atoms with Crippen molar-refractivity contribution in [3.8, 4) is 0 Å². The molecule has 1 aromatic rings. The fourth-order valence-electron chi connectivity index (χ4n) is 2.37. The molecule has 0 aromatic heterocycles. The lowest BCUT2D eigenvalue weighted by Crippen LogP contribution is -2.42. The third-order valence-corrected chi connectivity index (χ3v) is 3.51. The molecule has 18 heavy (non-hydrogen) atoms. The van der Waals surface area contributed by atoms with Crippen molar-refractivity contribution in [3.63, 3.8) is 0 Å². The van der Waals surface area contributed by atoms with Crippen LogP contribution in [0.15, 0.2) is 30.3 Å². The Morgan fingerprint density at radius 1 is 1.11 bits per heavy atom. The number of rotatable bonds is 6. The van der Waals surface area contributed by atoms with Gasteiger partial charge in [0.25, 0.3) is 0 Å². The minimum atomic E-state index is -0.411. The Bertz CT molecular complexity index is 395. The molecule has 1 saturated carbocycles. The number of nitrogens with zero attached hydrogens (tertiary/aromatic N) is 1. The predicted octanol–water partition coefficient (Wildman–Crippen LogP) is 0.531. The summed E-state index contributed by atoms with van der Waals surface area (Å²) >= 11 is 0. The van der Waals surface area contributed by atoms with Crippen LogP contribution in [0.25, 0.3) is 0 Å². The molecule has 0 spiro atoms. The second kappa shape index (κ2) is 5.50. The number of hydrogen-bond donors (Lipinski definition) is 2. The summed E-state index contributed by atoms with van der Waals surface area (Å²) in [5.74, 6) is 0.0248. The van der Waals surface area contributed by atoms with E-state index in [9.17, 15) is 4.79 Å². The number of benzene rings is 1. The monoisotopic (exact) mass is 249 g/mol. The highest BCUT2D eigenvalue weighted by atomic mass is 16.3. The van der Waals surface area contributed by atoms with Crippen molar-refractivity contribution < 1.29 is 15.0 Å². The van der Waals surface area contributed by atoms with E-state index in [-0.39, 0.29) is 32.2 Å². The van der Waals surface area contributed by atoms with Gasteiger partial charge in [-0.25, -0.2) is 0 Å². The molecule has 1 fully saturated rings. The zero-order valence-electron chi connectivity index (χ0n) is 10.4. The molecule has 1 aliphatic rings. The number of aliphatic hydroxyl groups excluding tert-OH is 2. The molecule has 2 N–H and O–H groups in total. The van der Waals surface area contributed by atoms with E-state index in [0.29, 0.717) is 0 Å². The first-order chi connectivity index (χ1) is 8.74. The molecule has 1 amide bonds. The van der Waals surface area contributed by atoms with Gasteiger partial charge in [0.05, 0.1) is 18.6 Å². The van der Waals surface area contributed by atoms with Gasteiger partial charge < -0.3 is 15.1 Å². The smallest absolute Gasteiger partial charge is 0.233 e. The number of amides is 1. The van der Waals surface area contributed by atoms with Gasteiger partial charge in [-0.3, -0.25) is 4.79 Å². The molecule has 2 rings (SSSR count). The summed E-state index contributed by atoms with van der Waals surface area (Å²) in [6, 6.07) is 9.75. The summed E-state index contributed by atoms with van der Waals surface area (Å²) in [7, 11) is 0. The van der Waals surface area contributed by atoms with Crippen LogP contribution >= 0.6 is 0 Å². The van der Waals surface area contributed by atoms with Crippen molar-refractivity contribution >= 4 is 5.91 Å². The van der Waals surface area contributed by atoms with Crippen LogP contribution in [0.5, 0.6) is 0 Å². The standard InChI is InChI=1S/C14H19NO3/c16-10-8-15(9-11-17)13(18)14(6-7-14)12-4-2-1-3-5-12/h1-5,16-17H,6-11H2. The summed E-state index contributed by atoms with van der Waals surface area (Å²) in [4.78, 5) is 14.1. The highest BCUT2D eigenvalue weighted by molar-refractivity contribution is 5.91. The van der Waals surface area contributed by atoms with Crippen LogP contribution < -0.4 is 0 Å². The van der Waals surface area contributed by atoms with Crippen molar-refractivity contribution in [3.05, 3.63) is 35.9 Å². The zero-order valence-corrected chi connectivity index (χ0v) is 10.4. The van der Waals surface area contributed by atoms with E-state index in [1.54, 1.807) is 4.90 Å². The van der Waals surface area contributed by atoms with Gasteiger partial charge in [0.2, 0.25) is 5.91 Å². The second-order valence-corrected chi connectivity index (χ2v) is 4.69. The molecule has 4 nitrogen and oxygen atoms in total. The molecule has 0 bridgehead atoms. The number of carbonyl (C=O) groups is 1. The largest absolute Gasteiger partial charge is 0.395 e. The molecule has 0 unspecified atom stereocenters. The summed E-state index contributed by atoms with van der Waals surface area (Å²) in [6.07, 6.45) is 1.70. The molecule has 0 aliphatic heterocycles. The van der Waals surface area contributed by atoms with Crippen molar-refractivity contribution in [2.45, 2.75) is 18.3 Å². The van der Waals surface area contributed by atoms with E-state index >= 15 is 0 Å². The first-order valence-corrected chi connectivity index (χ1v) is 6.31. The van der Waals surface area contributed by atoms with Crippen LogP contribution in [-0.2, 0) is 10.2 Å². The van der Waals surface area contributed by atoms with Crippen LogP contribution in [-0.4, -0.2) is 47.3 Å². The highest BCUT2D eigenvalue weighted by Crippen LogP contribution is 2.49. The second-order valence-electron chi connectivity index (χ2n) is 4.69. The van der Waals surface area contributed by atoms with Gasteiger partial charge in [-0.15, -0.1) is 0 Å². The van der Waals surface area contributed by atoms with E-state index in [1.165, 1.54) is 0 Å². The van der Waals surface area contributed by atoms with Crippen molar-refractivity contribution in [1.29, 1.82) is 0 Å². The van der Waals surface area contributed by atoms with E-state index in [4.69, 9.17) is 10.2 Å². The average Bonchev–Trinajstić information content (AvgIpc) is 3.20. The van der Waals surface area contributed by atoms with Gasteiger partial charge in [0, 0.05) is 13.1 Å². The van der Waals surface area contributed by atoms with Gasteiger partial charge in [0.15, 0.2) is 0 Å². The van der Waals surface area contributed by atoms with Crippen LogP contribution in [0, 0.1) is 0 Å². The van der Waals surface area contributed by atoms with Crippen LogP contribution in [0.2, 0.25) is 0 Å². The molecular weight excluding hydrogens is 230 g/mol. The number of hydrogen-bond acceptors (Lipinski definition) is 3. The number of aliphatic hydroxyl groups is 2. The fourth-order valence-corrected chi connectivity index (χ4v) is 2.37. The quantitative estimate of drug-likeness (QED) is 0.773. The summed E-state index contributed by atoms with van der Waals surface area (Å²) in [6.45, 7) is 0.426. The maximum Gasteiger partial charge on any atom is 0.233 e. The predicted molar refractivity (Wildman–Crippen MR) is 68.1 cm³/mol. The van der Waals surface area contributed by atoms with Crippen molar-refractivity contribution in [2.75, 3.05) is 26.3 Å². The Hall–Kier alpha value is -1.39. The van der Waals surface area contributed by atoms with Gasteiger partial charge >= 0.3 is 0 Å². The van der Waals surface area contributed by atoms with Crippen LogP contribution in [0.4, 0.5) is 0 Å². The van der Waals surface area contributed by atoms with E-state index in [1.807, 2.05) is 30.3 Å². The van der Waals surface area contributed by atoms with Gasteiger partial charge in [-0.05, 0) is 18.4 Å². The van der Waals surface area contributed by atoms with Crippen LogP contribution in [0.3, 0.4) is 0 Å². The van der Waals surface area contributed by atoms with Gasteiger partial charge in [-0.2, -0.15) is 0 Å². The Kier molecular flexibility index (Phi) is 3.99. The molecule has 0 atom stereocenters. The topological polar surface area (TPSA) is 60.8 Å². The molecule has 1 aromatic carbocycles. The van der Waals surface area contributed by atoms with E-state index in [2.05, 4.69) is 0 Å². The lowest BCUT2D eigenvalue weighted by atomic mass is 9.94. The molecule has 0 heterocycles. The Labute approximate surface area is 107 Å². The Morgan fingerprint density at radius 3 is 2.11 bits per heavy atom. The maximum atomic E-state index is 12.5. The normalized spacial score (nSPS) is 16.3. The first kappa shape index (κ1) is 13.1. The minimum Gasteiger partial charge on any atom is -0.395 e. The van der Waals surface area contributed by atoms with E-state index < -0.39 is 5.41 Å². The SMILES string of the molecule is O=C(N(CCO)CCO)C1(c2ccccc2)CC1. The minimum absolute atomic E-state index is 0.0248. The van der Waals surface area contributed by atoms with Gasteiger partial charge in [0.1, 0.15) is 0 Å². The summed E-state index contributed by atoms with van der Waals surface area (Å²) < 4.78 is 0. The lowest BCUT2D eigenvalue weighted by Gasteiger charge is -2.26. The molecule has 4 heteroatoms. The van der Waals surface area contributed by atoms with Crippen molar-refractivity contribution in [1.82, 2.24) is 4.90 Å². The van der Waals surface area contributed by atoms with Gasteiger partial charge in [-0.1, -0.05) is 30.3 Å². The Balaban J connectivity index is 2.17. The van der Waals surface area contributed by atoms with Crippen molar-refractivity contribution in [2.24, 2.45) is 0 Å². The first-order valence-electron chi connectivity index (χ1n) is 6.31. The maximum absolute atomic E-state index is 12.5. The van der Waals surface area contributed by atoms with E-state index in [0.717, 1.165) is 18.4 Å². The molecule has 98 valence electrons.